The van der Waals surface area contributed by atoms with Crippen molar-refractivity contribution in [3.8, 4) is 0 Å². The summed E-state index contributed by atoms with van der Waals surface area (Å²) in [7, 11) is 0. The van der Waals surface area contributed by atoms with Gasteiger partial charge in [0.05, 0.1) is 0 Å². The first-order chi connectivity index (χ1) is 9.29. The first-order valence-electron chi connectivity index (χ1n) is 5.97. The smallest absolute Gasteiger partial charge is 0.282 e. The second-order valence-electron chi connectivity index (χ2n) is 3.07. The van der Waals surface area contributed by atoms with Crippen LogP contribution in [-0.4, -0.2) is 24.4 Å². The highest BCUT2D eigenvalue weighted by Crippen LogP contribution is 2.20. The average Bonchev–Trinajstić information content (AvgIpc) is 2.96. The van der Waals surface area contributed by atoms with Gasteiger partial charge in [-0.3, -0.25) is 9.25 Å². The van der Waals surface area contributed by atoms with Crippen molar-refractivity contribution in [1.29, 1.82) is 0 Å². The number of hydrogen-bond donors (Lipinski definition) is 1. The number of alkyl halides is 2. The van der Waals surface area contributed by atoms with Crippen LogP contribution in [0.3, 0.4) is 0 Å². The highest BCUT2D eigenvalue weighted by atomic mass is 32.1. The normalized spacial score (nSPS) is 14.2. The molecule has 0 saturated carbocycles. The summed E-state index contributed by atoms with van der Waals surface area (Å²) in [6.45, 7) is -2.69. The van der Waals surface area contributed by atoms with Crippen LogP contribution in [0.4, 0.5) is 14.6 Å². The summed E-state index contributed by atoms with van der Waals surface area (Å²) >= 11 is 5.01. The lowest BCUT2D eigenvalue weighted by atomic mass is 10.4. The van der Waals surface area contributed by atoms with E-state index in [9.17, 15) is 8.78 Å². The lowest BCUT2D eigenvalue weighted by Gasteiger charge is -2.07. The van der Waals surface area contributed by atoms with Gasteiger partial charge < -0.3 is 5.32 Å². The lowest BCUT2D eigenvalue weighted by Crippen LogP contribution is -2.19. The van der Waals surface area contributed by atoms with Crippen molar-refractivity contribution in [1.82, 2.24) is 19.3 Å². The van der Waals surface area contributed by atoms with Crippen LogP contribution in [0.5, 0.6) is 0 Å². The summed E-state index contributed by atoms with van der Waals surface area (Å²) in [6.07, 6.45) is 1.51. The molecule has 2 aromatic heterocycles. The second-order valence-corrected chi connectivity index (χ2v) is 3.45. The van der Waals surface area contributed by atoms with Gasteiger partial charge in [0, 0.05) is 29.5 Å². The van der Waals surface area contributed by atoms with Crippen LogP contribution < -0.4 is 5.32 Å². The molecule has 0 aromatic carbocycles. The Labute approximate surface area is 105 Å². The third-order valence-corrected chi connectivity index (χ3v) is 2.24. The molecule has 90 valence electrons. The number of nitrogens with one attached hydrogen (secondary N) is 1. The Kier molecular flexibility index (Phi) is 2.23. The molecule has 0 bridgehead atoms. The SMILES string of the molecule is [2H]C([2H])([2H])n1nc(C(F)F)cc1NC(=S)n1ccnc1. The van der Waals surface area contributed by atoms with Gasteiger partial charge in [-0.05, 0) is 12.2 Å². The highest BCUT2D eigenvalue weighted by molar-refractivity contribution is 7.80. The fourth-order valence-electron chi connectivity index (χ4n) is 1.15. The van der Waals surface area contributed by atoms with Gasteiger partial charge in [-0.1, -0.05) is 0 Å². The average molecular weight is 260 g/mol. The van der Waals surface area contributed by atoms with Gasteiger partial charge in [-0.25, -0.2) is 13.8 Å². The Morgan fingerprint density at radius 2 is 2.47 bits per heavy atom. The van der Waals surface area contributed by atoms with Gasteiger partial charge in [0.15, 0.2) is 5.11 Å². The number of halogens is 2. The number of anilines is 1. The molecule has 17 heavy (non-hydrogen) atoms. The van der Waals surface area contributed by atoms with E-state index in [1.807, 2.05) is 0 Å². The Balaban J connectivity index is 2.33. The molecule has 0 aliphatic rings. The minimum absolute atomic E-state index is 0.0914. The number of aryl methyl sites for hydroxylation is 1. The van der Waals surface area contributed by atoms with E-state index in [1.54, 1.807) is 0 Å². The molecular formula is C9H9F2N5S. The summed E-state index contributed by atoms with van der Waals surface area (Å²) in [5.41, 5.74) is -0.642. The third kappa shape index (κ3) is 2.47. The quantitative estimate of drug-likeness (QED) is 0.836. The Hall–Kier alpha value is -1.83. The molecule has 8 heteroatoms. The minimum atomic E-state index is -2.87. The maximum Gasteiger partial charge on any atom is 0.282 e. The van der Waals surface area contributed by atoms with Gasteiger partial charge in [-0.15, -0.1) is 0 Å². The van der Waals surface area contributed by atoms with E-state index >= 15 is 0 Å². The maximum atomic E-state index is 12.6. The molecule has 0 fully saturated rings. The fourth-order valence-corrected chi connectivity index (χ4v) is 1.36. The molecule has 2 aromatic rings. The van der Waals surface area contributed by atoms with Crippen LogP contribution >= 0.6 is 12.2 Å². The third-order valence-electron chi connectivity index (χ3n) is 1.93. The van der Waals surface area contributed by atoms with Crippen molar-refractivity contribution in [3.05, 3.63) is 30.5 Å². The van der Waals surface area contributed by atoms with Crippen molar-refractivity contribution < 1.29 is 12.9 Å². The maximum absolute atomic E-state index is 12.6. The van der Waals surface area contributed by atoms with E-state index in [0.29, 0.717) is 4.68 Å². The molecule has 0 aliphatic carbocycles. The number of nitrogens with zero attached hydrogens (tertiary/aromatic N) is 4. The second kappa shape index (κ2) is 4.58. The number of aromatic nitrogens is 4. The van der Waals surface area contributed by atoms with E-state index in [0.717, 1.165) is 6.07 Å². The van der Waals surface area contributed by atoms with Crippen molar-refractivity contribution in [2.75, 3.05) is 5.32 Å². The van der Waals surface area contributed by atoms with Gasteiger partial charge in [0.25, 0.3) is 6.43 Å². The fraction of sp³-hybridized carbons (Fsp3) is 0.222. The molecule has 0 saturated heterocycles. The standard InChI is InChI=1S/C9H9F2N5S/c1-15-7(4-6(14-15)8(10)11)13-9(17)16-3-2-12-5-16/h2-5,8H,1H3,(H,13,17)/i1D3. The summed E-state index contributed by atoms with van der Waals surface area (Å²) in [4.78, 5) is 3.77. The molecule has 0 unspecified atom stereocenters. The predicted molar refractivity (Wildman–Crippen MR) is 62.0 cm³/mol. The van der Waals surface area contributed by atoms with E-state index in [1.165, 1.54) is 23.3 Å². The van der Waals surface area contributed by atoms with Crippen LogP contribution in [-0.2, 0) is 6.98 Å². The molecule has 2 heterocycles. The molecule has 0 radical (unpaired) electrons. The van der Waals surface area contributed by atoms with Gasteiger partial charge in [0.1, 0.15) is 17.8 Å². The molecule has 0 atom stereocenters. The Morgan fingerprint density at radius 1 is 1.65 bits per heavy atom. The Bertz CT molecular complexity index is 608. The zero-order chi connectivity index (χ0) is 14.9. The van der Waals surface area contributed by atoms with Crippen LogP contribution in [0.2, 0.25) is 0 Å². The molecule has 0 aliphatic heterocycles. The summed E-state index contributed by atoms with van der Waals surface area (Å²) in [5.74, 6) is -0.140. The van der Waals surface area contributed by atoms with E-state index in [4.69, 9.17) is 16.3 Å². The van der Waals surface area contributed by atoms with Gasteiger partial charge in [-0.2, -0.15) is 5.10 Å². The summed E-state index contributed by atoms with van der Waals surface area (Å²) in [6, 6.07) is 0.945. The number of thiocarbonyl (C=S) groups is 1. The number of imidazole rings is 1. The van der Waals surface area contributed by atoms with Gasteiger partial charge in [0.2, 0.25) is 0 Å². The lowest BCUT2D eigenvalue weighted by molar-refractivity contribution is 0.145. The zero-order valence-corrected chi connectivity index (χ0v) is 9.16. The molecular weight excluding hydrogens is 248 g/mol. The number of rotatable bonds is 2. The Morgan fingerprint density at radius 3 is 3.06 bits per heavy atom. The van der Waals surface area contributed by atoms with E-state index < -0.39 is 19.1 Å². The molecule has 5 nitrogen and oxygen atoms in total. The van der Waals surface area contributed by atoms with Gasteiger partial charge >= 0.3 is 0 Å². The zero-order valence-electron chi connectivity index (χ0n) is 11.3. The number of hydrogen-bond acceptors (Lipinski definition) is 3. The first kappa shape index (κ1) is 8.29. The van der Waals surface area contributed by atoms with Crippen LogP contribution in [0, 0.1) is 0 Å². The van der Waals surface area contributed by atoms with Crippen LogP contribution in [0.1, 0.15) is 16.2 Å². The van der Waals surface area contributed by atoms with E-state index in [2.05, 4.69) is 15.4 Å². The van der Waals surface area contributed by atoms with Crippen molar-refractivity contribution in [2.45, 2.75) is 6.43 Å². The van der Waals surface area contributed by atoms with Crippen molar-refractivity contribution in [2.24, 2.45) is 6.98 Å². The van der Waals surface area contributed by atoms with Crippen LogP contribution in [0.15, 0.2) is 24.8 Å². The van der Waals surface area contributed by atoms with Crippen molar-refractivity contribution >= 4 is 23.1 Å². The molecule has 2 rings (SSSR count). The predicted octanol–water partition coefficient (Wildman–Crippen LogP) is 1.80. The largest absolute Gasteiger partial charge is 0.317 e. The molecule has 0 spiro atoms. The van der Waals surface area contributed by atoms with Crippen molar-refractivity contribution in [3.63, 3.8) is 0 Å². The summed E-state index contributed by atoms with van der Waals surface area (Å²) in [5, 5.41) is 6.02. The first-order valence-corrected chi connectivity index (χ1v) is 4.88. The van der Waals surface area contributed by atoms with E-state index in [-0.39, 0.29) is 10.9 Å². The molecule has 1 N–H and O–H groups in total. The topological polar surface area (TPSA) is 47.7 Å². The highest BCUT2D eigenvalue weighted by Gasteiger charge is 2.14. The monoisotopic (exact) mass is 260 g/mol. The summed E-state index contributed by atoms with van der Waals surface area (Å²) < 4.78 is 49.0. The minimum Gasteiger partial charge on any atom is -0.317 e. The van der Waals surface area contributed by atoms with Crippen LogP contribution in [0.25, 0.3) is 0 Å². The molecule has 0 amide bonds.